The second-order valence-corrected chi connectivity index (χ2v) is 3.87. The van der Waals surface area contributed by atoms with E-state index in [9.17, 15) is 18.0 Å². The quantitative estimate of drug-likeness (QED) is 0.816. The standard InChI is InChI=1S/C11H11F3N2O/c1-16-9(17)6-15-10(16)7-4-2-3-5-8(7)11(12,13)14/h2-5,10,15H,6H2,1H3. The first-order valence-electron chi connectivity index (χ1n) is 5.06. The number of benzene rings is 1. The number of hydrogen-bond donors (Lipinski definition) is 1. The van der Waals surface area contributed by atoms with Crippen molar-refractivity contribution in [2.24, 2.45) is 0 Å². The third-order valence-corrected chi connectivity index (χ3v) is 2.79. The Bertz CT molecular complexity index is 445. The molecule has 1 fully saturated rings. The summed E-state index contributed by atoms with van der Waals surface area (Å²) >= 11 is 0. The van der Waals surface area contributed by atoms with Gasteiger partial charge in [0.2, 0.25) is 5.91 Å². The van der Waals surface area contributed by atoms with Crippen LogP contribution in [0.5, 0.6) is 0 Å². The first-order valence-corrected chi connectivity index (χ1v) is 5.06. The molecule has 1 amide bonds. The Hall–Kier alpha value is -1.56. The van der Waals surface area contributed by atoms with Gasteiger partial charge in [-0.25, -0.2) is 0 Å². The summed E-state index contributed by atoms with van der Waals surface area (Å²) < 4.78 is 38.4. The maximum absolute atomic E-state index is 12.8. The van der Waals surface area contributed by atoms with Gasteiger partial charge in [0.1, 0.15) is 6.17 Å². The number of hydrogen-bond acceptors (Lipinski definition) is 2. The van der Waals surface area contributed by atoms with E-state index >= 15 is 0 Å². The van der Waals surface area contributed by atoms with Crippen LogP contribution in [0.1, 0.15) is 17.3 Å². The van der Waals surface area contributed by atoms with Crippen LogP contribution in [0.15, 0.2) is 24.3 Å². The Kier molecular flexibility index (Phi) is 2.82. The van der Waals surface area contributed by atoms with Crippen molar-refractivity contribution in [2.75, 3.05) is 13.6 Å². The van der Waals surface area contributed by atoms with Gasteiger partial charge in [-0.05, 0) is 6.07 Å². The summed E-state index contributed by atoms with van der Waals surface area (Å²) in [5, 5.41) is 2.76. The van der Waals surface area contributed by atoms with Crippen molar-refractivity contribution in [2.45, 2.75) is 12.3 Å². The Balaban J connectivity index is 2.43. The molecule has 92 valence electrons. The summed E-state index contributed by atoms with van der Waals surface area (Å²) in [5.74, 6) is -0.216. The lowest BCUT2D eigenvalue weighted by atomic mass is 10.0. The topological polar surface area (TPSA) is 32.3 Å². The highest BCUT2D eigenvalue weighted by Gasteiger charge is 2.38. The third-order valence-electron chi connectivity index (χ3n) is 2.79. The number of likely N-dealkylation sites (N-methyl/N-ethyl adjacent to an activating group) is 1. The molecule has 1 aliphatic rings. The number of nitrogens with one attached hydrogen (secondary N) is 1. The molecule has 0 bridgehead atoms. The molecule has 0 aromatic heterocycles. The van der Waals surface area contributed by atoms with Crippen molar-refractivity contribution in [1.82, 2.24) is 10.2 Å². The van der Waals surface area contributed by atoms with Gasteiger partial charge >= 0.3 is 6.18 Å². The summed E-state index contributed by atoms with van der Waals surface area (Å²) in [7, 11) is 1.49. The fourth-order valence-corrected chi connectivity index (χ4v) is 1.90. The molecule has 0 aliphatic carbocycles. The normalized spacial score (nSPS) is 21.1. The van der Waals surface area contributed by atoms with E-state index in [1.807, 2.05) is 0 Å². The van der Waals surface area contributed by atoms with Gasteiger partial charge in [-0.2, -0.15) is 13.2 Å². The minimum Gasteiger partial charge on any atom is -0.325 e. The second-order valence-electron chi connectivity index (χ2n) is 3.87. The van der Waals surface area contributed by atoms with E-state index in [0.717, 1.165) is 6.07 Å². The zero-order valence-electron chi connectivity index (χ0n) is 9.08. The third kappa shape index (κ3) is 2.12. The van der Waals surface area contributed by atoms with Gasteiger partial charge in [0.25, 0.3) is 0 Å². The Morgan fingerprint density at radius 3 is 2.53 bits per heavy atom. The summed E-state index contributed by atoms with van der Waals surface area (Å²) in [6.07, 6.45) is -5.12. The number of rotatable bonds is 1. The molecule has 2 rings (SSSR count). The molecule has 17 heavy (non-hydrogen) atoms. The van der Waals surface area contributed by atoms with Crippen molar-refractivity contribution in [1.29, 1.82) is 0 Å². The van der Waals surface area contributed by atoms with E-state index in [4.69, 9.17) is 0 Å². The SMILES string of the molecule is CN1C(=O)CNC1c1ccccc1C(F)(F)F. The van der Waals surface area contributed by atoms with Crippen molar-refractivity contribution in [3.63, 3.8) is 0 Å². The van der Waals surface area contributed by atoms with Crippen molar-refractivity contribution in [3.05, 3.63) is 35.4 Å². The Labute approximate surface area is 96.2 Å². The lowest BCUT2D eigenvalue weighted by Crippen LogP contribution is -2.28. The van der Waals surface area contributed by atoms with Gasteiger partial charge in [0.15, 0.2) is 0 Å². The second kappa shape index (κ2) is 4.03. The van der Waals surface area contributed by atoms with Gasteiger partial charge in [-0.3, -0.25) is 10.1 Å². The number of carbonyl (C=O) groups is 1. The first-order chi connectivity index (χ1) is 7.91. The Morgan fingerprint density at radius 1 is 1.35 bits per heavy atom. The van der Waals surface area contributed by atoms with E-state index in [-0.39, 0.29) is 18.0 Å². The zero-order valence-corrected chi connectivity index (χ0v) is 9.08. The summed E-state index contributed by atoms with van der Waals surface area (Å²) in [4.78, 5) is 12.6. The number of nitrogens with zero attached hydrogens (tertiary/aromatic N) is 1. The average Bonchev–Trinajstić information content (AvgIpc) is 2.59. The predicted molar refractivity (Wildman–Crippen MR) is 55.0 cm³/mol. The Morgan fingerprint density at radius 2 is 2.00 bits per heavy atom. The van der Waals surface area contributed by atoms with E-state index in [0.29, 0.717) is 0 Å². The van der Waals surface area contributed by atoms with Gasteiger partial charge in [-0.15, -0.1) is 0 Å². The van der Waals surface area contributed by atoms with Crippen LogP contribution in [-0.4, -0.2) is 24.4 Å². The number of carbonyl (C=O) groups excluding carboxylic acids is 1. The molecule has 1 aromatic rings. The molecule has 1 N–H and O–H groups in total. The van der Waals surface area contributed by atoms with Crippen molar-refractivity contribution in [3.8, 4) is 0 Å². The van der Waals surface area contributed by atoms with Crippen LogP contribution >= 0.6 is 0 Å². The highest BCUT2D eigenvalue weighted by atomic mass is 19.4. The molecule has 1 saturated heterocycles. The first kappa shape index (κ1) is 11.9. The fourth-order valence-electron chi connectivity index (χ4n) is 1.90. The minimum atomic E-state index is -4.41. The highest BCUT2D eigenvalue weighted by molar-refractivity contribution is 5.80. The molecule has 1 aliphatic heterocycles. The van der Waals surface area contributed by atoms with Crippen LogP contribution in [0, 0.1) is 0 Å². The molecule has 1 unspecified atom stereocenters. The smallest absolute Gasteiger partial charge is 0.325 e. The van der Waals surface area contributed by atoms with Gasteiger partial charge < -0.3 is 4.90 Å². The maximum atomic E-state index is 12.8. The molecule has 0 spiro atoms. The summed E-state index contributed by atoms with van der Waals surface area (Å²) in [6.45, 7) is 0.0629. The largest absolute Gasteiger partial charge is 0.416 e. The summed E-state index contributed by atoms with van der Waals surface area (Å²) in [5.41, 5.74) is -0.632. The highest BCUT2D eigenvalue weighted by Crippen LogP contribution is 2.35. The van der Waals surface area contributed by atoms with Crippen LogP contribution in [0.4, 0.5) is 13.2 Å². The molecule has 1 heterocycles. The molecule has 1 aromatic carbocycles. The average molecular weight is 244 g/mol. The van der Waals surface area contributed by atoms with E-state index in [2.05, 4.69) is 5.32 Å². The van der Waals surface area contributed by atoms with Gasteiger partial charge in [-0.1, -0.05) is 18.2 Å². The molecule has 0 saturated carbocycles. The monoisotopic (exact) mass is 244 g/mol. The fraction of sp³-hybridized carbons (Fsp3) is 0.364. The van der Waals surface area contributed by atoms with E-state index in [1.54, 1.807) is 0 Å². The van der Waals surface area contributed by atoms with Gasteiger partial charge in [0.05, 0.1) is 12.1 Å². The van der Waals surface area contributed by atoms with E-state index < -0.39 is 17.9 Å². The minimum absolute atomic E-state index is 0.0629. The van der Waals surface area contributed by atoms with Crippen molar-refractivity contribution >= 4 is 5.91 Å². The molecule has 0 radical (unpaired) electrons. The molecule has 6 heteroatoms. The summed E-state index contributed by atoms with van der Waals surface area (Å²) in [6, 6.07) is 5.27. The van der Waals surface area contributed by atoms with Crippen LogP contribution in [0.25, 0.3) is 0 Å². The van der Waals surface area contributed by atoms with Crippen LogP contribution in [0.3, 0.4) is 0 Å². The number of amides is 1. The number of halogens is 3. The lowest BCUT2D eigenvalue weighted by molar-refractivity contribution is -0.139. The number of alkyl halides is 3. The molecule has 3 nitrogen and oxygen atoms in total. The lowest BCUT2D eigenvalue weighted by Gasteiger charge is -2.23. The van der Waals surface area contributed by atoms with Crippen LogP contribution < -0.4 is 5.32 Å². The van der Waals surface area contributed by atoms with Crippen LogP contribution in [-0.2, 0) is 11.0 Å². The zero-order chi connectivity index (χ0) is 12.6. The molecule has 1 atom stereocenters. The van der Waals surface area contributed by atoms with E-state index in [1.165, 1.54) is 30.1 Å². The predicted octanol–water partition coefficient (Wildman–Crippen LogP) is 1.77. The molecular weight excluding hydrogens is 233 g/mol. The molecular formula is C11H11F3N2O. The van der Waals surface area contributed by atoms with Gasteiger partial charge in [0, 0.05) is 12.6 Å². The maximum Gasteiger partial charge on any atom is 0.416 e. The van der Waals surface area contributed by atoms with Crippen LogP contribution in [0.2, 0.25) is 0 Å². The van der Waals surface area contributed by atoms with Crippen molar-refractivity contribution < 1.29 is 18.0 Å².